The summed E-state index contributed by atoms with van der Waals surface area (Å²) in [7, 11) is 4.08. The number of pyridine rings is 1. The summed E-state index contributed by atoms with van der Waals surface area (Å²) in [6, 6.07) is 8.18. The van der Waals surface area contributed by atoms with Crippen molar-refractivity contribution in [2.75, 3.05) is 19.0 Å². The molecule has 2 rings (SSSR count). The number of nitrogens with zero attached hydrogens (tertiary/aromatic N) is 2. The third kappa shape index (κ3) is 1.63. The van der Waals surface area contributed by atoms with Crippen molar-refractivity contribution in [2.24, 2.45) is 5.73 Å². The van der Waals surface area contributed by atoms with Gasteiger partial charge in [-0.3, -0.25) is 4.98 Å². The van der Waals surface area contributed by atoms with Crippen LogP contribution in [0.2, 0.25) is 0 Å². The maximum Gasteiger partial charge on any atom is 0.0726 e. The molecule has 2 aromatic rings. The van der Waals surface area contributed by atoms with Crippen molar-refractivity contribution in [1.82, 2.24) is 4.98 Å². The van der Waals surface area contributed by atoms with E-state index >= 15 is 0 Å². The van der Waals surface area contributed by atoms with Crippen molar-refractivity contribution in [1.29, 1.82) is 0 Å². The van der Waals surface area contributed by atoms with Gasteiger partial charge in [-0.1, -0.05) is 18.2 Å². The van der Waals surface area contributed by atoms with Crippen LogP contribution in [0.4, 0.5) is 5.69 Å². The van der Waals surface area contributed by atoms with Gasteiger partial charge in [0.05, 0.1) is 11.2 Å². The minimum absolute atomic E-state index is 0.525. The van der Waals surface area contributed by atoms with E-state index in [0.717, 1.165) is 16.8 Å². The van der Waals surface area contributed by atoms with Crippen molar-refractivity contribution in [3.8, 4) is 0 Å². The van der Waals surface area contributed by atoms with Gasteiger partial charge in [-0.15, -0.1) is 0 Å². The molecule has 0 spiro atoms. The third-order valence-corrected chi connectivity index (χ3v) is 2.82. The monoisotopic (exact) mass is 215 g/mol. The van der Waals surface area contributed by atoms with Crippen LogP contribution in [0.15, 0.2) is 24.3 Å². The van der Waals surface area contributed by atoms with Gasteiger partial charge in [0.2, 0.25) is 0 Å². The van der Waals surface area contributed by atoms with Gasteiger partial charge in [0.25, 0.3) is 0 Å². The molecule has 1 heterocycles. The normalized spacial score (nSPS) is 10.8. The van der Waals surface area contributed by atoms with Crippen LogP contribution in [0.5, 0.6) is 0 Å². The Morgan fingerprint density at radius 2 is 1.94 bits per heavy atom. The lowest BCUT2D eigenvalue weighted by Gasteiger charge is -2.20. The molecule has 0 amide bonds. The minimum Gasteiger partial charge on any atom is -0.377 e. The summed E-state index contributed by atoms with van der Waals surface area (Å²) < 4.78 is 0. The number of nitrogens with two attached hydrogens (primary N) is 1. The summed E-state index contributed by atoms with van der Waals surface area (Å²) in [4.78, 5) is 6.69. The molecule has 0 radical (unpaired) electrons. The zero-order valence-corrected chi connectivity index (χ0v) is 9.99. The fourth-order valence-electron chi connectivity index (χ4n) is 2.11. The number of aryl methyl sites for hydroxylation is 1. The molecule has 3 nitrogen and oxygen atoms in total. The van der Waals surface area contributed by atoms with E-state index in [1.54, 1.807) is 0 Å². The van der Waals surface area contributed by atoms with Crippen molar-refractivity contribution in [3.05, 3.63) is 35.5 Å². The molecule has 0 atom stereocenters. The number of fused-ring (bicyclic) bond motifs is 1. The predicted octanol–water partition coefficient (Wildman–Crippen LogP) is 2.07. The quantitative estimate of drug-likeness (QED) is 0.834. The van der Waals surface area contributed by atoms with Crippen LogP contribution >= 0.6 is 0 Å². The summed E-state index contributed by atoms with van der Waals surface area (Å²) in [5, 5.41) is 1.17. The summed E-state index contributed by atoms with van der Waals surface area (Å²) in [5.74, 6) is 0. The molecule has 16 heavy (non-hydrogen) atoms. The molecule has 0 bridgehead atoms. The van der Waals surface area contributed by atoms with E-state index in [2.05, 4.69) is 16.0 Å². The Morgan fingerprint density at radius 1 is 1.25 bits per heavy atom. The molecule has 0 fully saturated rings. The molecule has 0 saturated carbocycles. The van der Waals surface area contributed by atoms with E-state index in [9.17, 15) is 0 Å². The molecule has 1 aromatic carbocycles. The lowest BCUT2D eigenvalue weighted by Crippen LogP contribution is -2.15. The zero-order valence-electron chi connectivity index (χ0n) is 9.99. The summed E-state index contributed by atoms with van der Waals surface area (Å²) in [6.45, 7) is 2.54. The number of anilines is 1. The molecule has 0 aliphatic heterocycles. The van der Waals surface area contributed by atoms with Gasteiger partial charge in [-0.25, -0.2) is 0 Å². The summed E-state index contributed by atoms with van der Waals surface area (Å²) in [6.07, 6.45) is 0. The highest BCUT2D eigenvalue weighted by Gasteiger charge is 2.12. The van der Waals surface area contributed by atoms with Crippen molar-refractivity contribution in [3.63, 3.8) is 0 Å². The number of rotatable bonds is 2. The molecule has 0 aliphatic carbocycles. The highest BCUT2D eigenvalue weighted by atomic mass is 15.1. The maximum atomic E-state index is 5.81. The number of hydrogen-bond acceptors (Lipinski definition) is 3. The highest BCUT2D eigenvalue weighted by Crippen LogP contribution is 2.29. The molecular weight excluding hydrogens is 198 g/mol. The van der Waals surface area contributed by atoms with E-state index in [1.165, 1.54) is 11.1 Å². The van der Waals surface area contributed by atoms with Gasteiger partial charge < -0.3 is 10.6 Å². The van der Waals surface area contributed by atoms with Crippen molar-refractivity contribution in [2.45, 2.75) is 13.5 Å². The van der Waals surface area contributed by atoms with E-state index in [-0.39, 0.29) is 0 Å². The lowest BCUT2D eigenvalue weighted by atomic mass is 10.1. The van der Waals surface area contributed by atoms with Crippen LogP contribution in [0.25, 0.3) is 10.9 Å². The van der Waals surface area contributed by atoms with E-state index < -0.39 is 0 Å². The summed E-state index contributed by atoms with van der Waals surface area (Å²) in [5.41, 5.74) is 10.2. The Bertz CT molecular complexity index is 518. The van der Waals surface area contributed by atoms with Gasteiger partial charge in [0, 0.05) is 37.3 Å². The largest absolute Gasteiger partial charge is 0.377 e. The second kappa shape index (κ2) is 4.10. The lowest BCUT2D eigenvalue weighted by molar-refractivity contribution is 0.993. The molecule has 0 saturated heterocycles. The first-order valence-corrected chi connectivity index (χ1v) is 5.40. The fraction of sp³-hybridized carbons (Fsp3) is 0.308. The third-order valence-electron chi connectivity index (χ3n) is 2.82. The van der Waals surface area contributed by atoms with Gasteiger partial charge in [0.1, 0.15) is 0 Å². The topological polar surface area (TPSA) is 42.2 Å². The molecule has 3 heteroatoms. The Kier molecular flexibility index (Phi) is 2.79. The van der Waals surface area contributed by atoms with Gasteiger partial charge in [-0.05, 0) is 13.0 Å². The molecule has 0 aliphatic rings. The Labute approximate surface area is 95.9 Å². The standard InChI is InChI=1S/C13H17N3/c1-9-11(8-14)13(16(2)3)10-6-4-5-7-12(10)15-9/h4-7H,8,14H2,1-3H3. The molecule has 84 valence electrons. The van der Waals surface area contributed by atoms with Gasteiger partial charge in [-0.2, -0.15) is 0 Å². The fourth-order valence-corrected chi connectivity index (χ4v) is 2.11. The first kappa shape index (κ1) is 10.9. The van der Waals surface area contributed by atoms with Crippen LogP contribution in [-0.4, -0.2) is 19.1 Å². The van der Waals surface area contributed by atoms with Crippen LogP contribution < -0.4 is 10.6 Å². The minimum atomic E-state index is 0.525. The molecule has 0 unspecified atom stereocenters. The maximum absolute atomic E-state index is 5.81. The van der Waals surface area contributed by atoms with E-state index in [4.69, 9.17) is 5.73 Å². The van der Waals surface area contributed by atoms with Crippen molar-refractivity contribution >= 4 is 16.6 Å². The Morgan fingerprint density at radius 3 is 2.56 bits per heavy atom. The van der Waals surface area contributed by atoms with Crippen LogP contribution in [0, 0.1) is 6.92 Å². The smallest absolute Gasteiger partial charge is 0.0726 e. The second-order valence-corrected chi connectivity index (χ2v) is 4.14. The van der Waals surface area contributed by atoms with Gasteiger partial charge >= 0.3 is 0 Å². The molecule has 2 N–H and O–H groups in total. The zero-order chi connectivity index (χ0) is 11.7. The second-order valence-electron chi connectivity index (χ2n) is 4.14. The number of aromatic nitrogens is 1. The first-order valence-electron chi connectivity index (χ1n) is 5.40. The van der Waals surface area contributed by atoms with Gasteiger partial charge in [0.15, 0.2) is 0 Å². The highest BCUT2D eigenvalue weighted by molar-refractivity contribution is 5.93. The van der Waals surface area contributed by atoms with Crippen LogP contribution in [0.3, 0.4) is 0 Å². The number of benzene rings is 1. The Balaban J connectivity index is 2.87. The van der Waals surface area contributed by atoms with Crippen LogP contribution in [-0.2, 0) is 6.54 Å². The SMILES string of the molecule is Cc1nc2ccccc2c(N(C)C)c1CN. The van der Waals surface area contributed by atoms with Crippen LogP contribution in [0.1, 0.15) is 11.3 Å². The molecular formula is C13H17N3. The van der Waals surface area contributed by atoms with E-state index in [0.29, 0.717) is 6.54 Å². The number of hydrogen-bond donors (Lipinski definition) is 1. The van der Waals surface area contributed by atoms with E-state index in [1.807, 2.05) is 39.2 Å². The number of para-hydroxylation sites is 1. The first-order chi connectivity index (χ1) is 7.65. The van der Waals surface area contributed by atoms with Crippen molar-refractivity contribution < 1.29 is 0 Å². The Hall–Kier alpha value is -1.61. The molecule has 1 aromatic heterocycles. The average molecular weight is 215 g/mol. The average Bonchev–Trinajstić information content (AvgIpc) is 2.26. The summed E-state index contributed by atoms with van der Waals surface area (Å²) >= 11 is 0. The predicted molar refractivity (Wildman–Crippen MR) is 68.7 cm³/mol.